The second-order valence-electron chi connectivity index (χ2n) is 7.66. The number of sulfonamides is 1. The van der Waals surface area contributed by atoms with E-state index in [2.05, 4.69) is 10.3 Å². The van der Waals surface area contributed by atoms with Crippen molar-refractivity contribution >= 4 is 38.9 Å². The Hall–Kier alpha value is -2.20. The average molecular weight is 494 g/mol. The molecule has 0 aliphatic carbocycles. The molecule has 1 saturated heterocycles. The highest BCUT2D eigenvalue weighted by atomic mass is 35.5. The van der Waals surface area contributed by atoms with E-state index >= 15 is 0 Å². The average Bonchev–Trinajstić information content (AvgIpc) is 3.32. The zero-order valence-electron chi connectivity index (χ0n) is 17.6. The summed E-state index contributed by atoms with van der Waals surface area (Å²) in [6.07, 6.45) is 3.67. The number of aryl methyl sites for hydroxylation is 1. The highest BCUT2D eigenvalue weighted by Gasteiger charge is 2.28. The summed E-state index contributed by atoms with van der Waals surface area (Å²) in [7, 11) is -3.77. The van der Waals surface area contributed by atoms with Gasteiger partial charge in [-0.25, -0.2) is 13.4 Å². The van der Waals surface area contributed by atoms with Crippen LogP contribution in [0.25, 0.3) is 11.5 Å². The number of nitrogens with one attached hydrogen (secondary N) is 1. The van der Waals surface area contributed by atoms with E-state index in [0.29, 0.717) is 24.6 Å². The van der Waals surface area contributed by atoms with Crippen molar-refractivity contribution < 1.29 is 17.6 Å². The topological polar surface area (TPSA) is 92.5 Å². The Bertz CT molecular complexity index is 1210. The highest BCUT2D eigenvalue weighted by molar-refractivity contribution is 7.89. The zero-order chi connectivity index (χ0) is 22.7. The Morgan fingerprint density at radius 3 is 2.62 bits per heavy atom. The van der Waals surface area contributed by atoms with Crippen LogP contribution in [0.1, 0.15) is 46.8 Å². The van der Waals surface area contributed by atoms with Gasteiger partial charge in [-0.05, 0) is 50.1 Å². The number of carbonyl (C=O) groups excluding carboxylic acids is 1. The first-order valence-corrected chi connectivity index (χ1v) is 13.1. The monoisotopic (exact) mass is 493 g/mol. The van der Waals surface area contributed by atoms with Gasteiger partial charge in [0.15, 0.2) is 5.76 Å². The summed E-state index contributed by atoms with van der Waals surface area (Å²) in [6.45, 7) is 3.02. The Morgan fingerprint density at radius 2 is 1.94 bits per heavy atom. The summed E-state index contributed by atoms with van der Waals surface area (Å²) >= 11 is 7.76. The van der Waals surface area contributed by atoms with Crippen LogP contribution < -0.4 is 5.32 Å². The molecule has 0 bridgehead atoms. The molecule has 1 aromatic carbocycles. The van der Waals surface area contributed by atoms with Crippen molar-refractivity contribution in [1.82, 2.24) is 14.6 Å². The largest absolute Gasteiger partial charge is 0.458 e. The van der Waals surface area contributed by atoms with Gasteiger partial charge >= 0.3 is 0 Å². The molecule has 0 saturated carbocycles. The second kappa shape index (κ2) is 9.74. The Morgan fingerprint density at radius 1 is 1.19 bits per heavy atom. The fraction of sp³-hybridized carbons (Fsp3) is 0.364. The molecule has 0 radical (unpaired) electrons. The SMILES string of the molecule is Cc1nc(-c2ccc(CNC(=O)c3ccc(Cl)c(S(=O)(=O)N4CCCCCC4)c3)o2)cs1. The van der Waals surface area contributed by atoms with Crippen molar-refractivity contribution in [3.63, 3.8) is 0 Å². The van der Waals surface area contributed by atoms with E-state index < -0.39 is 15.9 Å². The fourth-order valence-corrected chi connectivity index (χ4v) is 6.24. The number of benzene rings is 1. The summed E-state index contributed by atoms with van der Waals surface area (Å²) < 4.78 is 33.5. The molecule has 2 aromatic heterocycles. The lowest BCUT2D eigenvalue weighted by atomic mass is 10.2. The number of hydrogen-bond donors (Lipinski definition) is 1. The van der Waals surface area contributed by atoms with Gasteiger partial charge in [0.05, 0.1) is 16.6 Å². The van der Waals surface area contributed by atoms with E-state index in [1.54, 1.807) is 6.07 Å². The minimum absolute atomic E-state index is 0.0343. The number of nitrogens with zero attached hydrogens (tertiary/aromatic N) is 2. The molecule has 1 N–H and O–H groups in total. The molecule has 32 heavy (non-hydrogen) atoms. The Labute approximate surface area is 196 Å². The summed E-state index contributed by atoms with van der Waals surface area (Å²) in [5.41, 5.74) is 0.982. The zero-order valence-corrected chi connectivity index (χ0v) is 20.0. The first-order chi connectivity index (χ1) is 15.3. The van der Waals surface area contributed by atoms with Crippen LogP contribution in [0.15, 0.2) is 45.0 Å². The first-order valence-electron chi connectivity index (χ1n) is 10.4. The van der Waals surface area contributed by atoms with Gasteiger partial charge in [0.25, 0.3) is 5.91 Å². The molecule has 7 nitrogen and oxygen atoms in total. The Kier molecular flexibility index (Phi) is 6.99. The lowest BCUT2D eigenvalue weighted by Gasteiger charge is -2.21. The van der Waals surface area contributed by atoms with E-state index in [-0.39, 0.29) is 22.0 Å². The molecule has 0 spiro atoms. The van der Waals surface area contributed by atoms with Crippen molar-refractivity contribution in [3.8, 4) is 11.5 Å². The quantitative estimate of drug-likeness (QED) is 0.529. The molecular formula is C22H24ClN3O4S2. The van der Waals surface area contributed by atoms with E-state index in [1.807, 2.05) is 18.4 Å². The van der Waals surface area contributed by atoms with Crippen LogP contribution in [0.3, 0.4) is 0 Å². The minimum atomic E-state index is -3.77. The number of hydrogen-bond acceptors (Lipinski definition) is 6. The molecule has 1 aliphatic rings. The van der Waals surface area contributed by atoms with Gasteiger partial charge in [-0.2, -0.15) is 4.31 Å². The maximum absolute atomic E-state index is 13.1. The predicted octanol–water partition coefficient (Wildman–Crippen LogP) is 4.86. The van der Waals surface area contributed by atoms with Gasteiger partial charge in [0, 0.05) is 24.0 Å². The van der Waals surface area contributed by atoms with Gasteiger partial charge in [-0.1, -0.05) is 24.4 Å². The third-order valence-electron chi connectivity index (χ3n) is 5.33. The van der Waals surface area contributed by atoms with Crippen LogP contribution in [-0.2, 0) is 16.6 Å². The standard InChI is InChI=1S/C22H24ClN3O4S2/c1-15-25-19(14-31-15)20-9-7-17(30-20)13-24-22(27)16-6-8-18(23)21(12-16)32(28,29)26-10-4-2-3-5-11-26/h6-9,12,14H,2-5,10-11,13H2,1H3,(H,24,27). The van der Waals surface area contributed by atoms with Crippen LogP contribution in [0.5, 0.6) is 0 Å². The highest BCUT2D eigenvalue weighted by Crippen LogP contribution is 2.28. The molecule has 0 unspecified atom stereocenters. The van der Waals surface area contributed by atoms with Gasteiger partial charge in [-0.3, -0.25) is 4.79 Å². The number of aromatic nitrogens is 1. The minimum Gasteiger partial charge on any atom is -0.458 e. The lowest BCUT2D eigenvalue weighted by Crippen LogP contribution is -2.32. The normalized spacial score (nSPS) is 15.4. The molecular weight excluding hydrogens is 470 g/mol. The van der Waals surface area contributed by atoms with Gasteiger partial charge in [0.2, 0.25) is 10.0 Å². The van der Waals surface area contributed by atoms with Crippen molar-refractivity contribution in [2.24, 2.45) is 0 Å². The van der Waals surface area contributed by atoms with E-state index in [4.69, 9.17) is 16.0 Å². The van der Waals surface area contributed by atoms with Crippen molar-refractivity contribution in [3.05, 3.63) is 57.1 Å². The van der Waals surface area contributed by atoms with E-state index in [0.717, 1.165) is 36.4 Å². The van der Waals surface area contributed by atoms with Crippen LogP contribution in [0, 0.1) is 6.92 Å². The number of carbonyl (C=O) groups is 1. The number of furan rings is 1. The Balaban J connectivity index is 1.47. The summed E-state index contributed by atoms with van der Waals surface area (Å²) in [6, 6.07) is 7.91. The summed E-state index contributed by atoms with van der Waals surface area (Å²) in [5, 5.41) is 5.74. The van der Waals surface area contributed by atoms with Crippen LogP contribution >= 0.6 is 22.9 Å². The first kappa shape index (κ1) is 23.0. The van der Waals surface area contributed by atoms with Gasteiger partial charge in [-0.15, -0.1) is 11.3 Å². The molecule has 170 valence electrons. The lowest BCUT2D eigenvalue weighted by molar-refractivity contribution is 0.0948. The number of amides is 1. The second-order valence-corrected chi connectivity index (χ2v) is 11.0. The van der Waals surface area contributed by atoms with Crippen LogP contribution in [-0.4, -0.2) is 36.7 Å². The molecule has 0 atom stereocenters. The number of thiazole rings is 1. The maximum Gasteiger partial charge on any atom is 0.251 e. The maximum atomic E-state index is 13.1. The van der Waals surface area contributed by atoms with E-state index in [1.165, 1.54) is 33.8 Å². The van der Waals surface area contributed by atoms with Gasteiger partial charge in [0.1, 0.15) is 16.3 Å². The summed E-state index contributed by atoms with van der Waals surface area (Å²) in [4.78, 5) is 17.1. The smallest absolute Gasteiger partial charge is 0.251 e. The number of rotatable bonds is 6. The van der Waals surface area contributed by atoms with Crippen LogP contribution in [0.4, 0.5) is 0 Å². The molecule has 3 heterocycles. The van der Waals surface area contributed by atoms with Crippen molar-refractivity contribution in [2.45, 2.75) is 44.0 Å². The van der Waals surface area contributed by atoms with Gasteiger partial charge < -0.3 is 9.73 Å². The summed E-state index contributed by atoms with van der Waals surface area (Å²) in [5.74, 6) is 0.803. The fourth-order valence-electron chi connectivity index (χ4n) is 3.62. The molecule has 10 heteroatoms. The number of halogens is 1. The van der Waals surface area contributed by atoms with E-state index in [9.17, 15) is 13.2 Å². The van der Waals surface area contributed by atoms with Crippen molar-refractivity contribution in [1.29, 1.82) is 0 Å². The molecule has 3 aromatic rings. The van der Waals surface area contributed by atoms with Crippen molar-refractivity contribution in [2.75, 3.05) is 13.1 Å². The third-order valence-corrected chi connectivity index (χ3v) is 8.49. The third kappa shape index (κ3) is 5.06. The van der Waals surface area contributed by atoms with Crippen LogP contribution in [0.2, 0.25) is 5.02 Å². The molecule has 4 rings (SSSR count). The molecule has 1 amide bonds. The molecule has 1 fully saturated rings. The predicted molar refractivity (Wildman–Crippen MR) is 124 cm³/mol. The molecule has 1 aliphatic heterocycles.